The molecule has 1 aromatic carbocycles. The number of hydrogen-bond donors (Lipinski definition) is 2. The summed E-state index contributed by atoms with van der Waals surface area (Å²) >= 11 is 0. The average molecular weight is 407 g/mol. The Balaban J connectivity index is 0.00000312. The van der Waals surface area contributed by atoms with Crippen molar-refractivity contribution in [1.29, 1.82) is 0 Å². The van der Waals surface area contributed by atoms with Crippen LogP contribution >= 0.6 is 0 Å². The Kier molecular flexibility index (Phi) is 12.5. The number of aliphatic hydroxyl groups excluding tert-OH is 2. The highest BCUT2D eigenvalue weighted by molar-refractivity contribution is 5.39. The monoisotopic (exact) mass is 406 g/mol. The fraction of sp³-hybridized carbons (Fsp3) is 0.684. The van der Waals surface area contributed by atoms with E-state index in [1.54, 1.807) is 0 Å². The molecule has 1 aliphatic heterocycles. The first-order valence-electron chi connectivity index (χ1n) is 8.96. The predicted molar refractivity (Wildman–Crippen MR) is 96.7 cm³/mol. The van der Waals surface area contributed by atoms with Crippen LogP contribution in [0, 0.1) is 6.92 Å². The SMILES string of the molecule is Cc1ccc(C(C)C)c(OCC(O)CN2CCN(CCO)CC2)c1.[Cl-].[Cl-]. The maximum absolute atomic E-state index is 10.3. The van der Waals surface area contributed by atoms with Crippen molar-refractivity contribution >= 4 is 0 Å². The van der Waals surface area contributed by atoms with Crippen molar-refractivity contribution < 1.29 is 39.8 Å². The first kappa shape index (κ1) is 25.4. The van der Waals surface area contributed by atoms with Gasteiger partial charge in [-0.15, -0.1) is 0 Å². The van der Waals surface area contributed by atoms with Crippen LogP contribution in [0.5, 0.6) is 5.75 Å². The van der Waals surface area contributed by atoms with E-state index in [9.17, 15) is 5.11 Å². The lowest BCUT2D eigenvalue weighted by Crippen LogP contribution is -3.00. The third kappa shape index (κ3) is 7.99. The Morgan fingerprint density at radius 1 is 1.08 bits per heavy atom. The number of rotatable bonds is 8. The lowest BCUT2D eigenvalue weighted by Gasteiger charge is -2.35. The molecule has 1 saturated heterocycles. The van der Waals surface area contributed by atoms with Crippen molar-refractivity contribution in [2.75, 3.05) is 52.5 Å². The highest BCUT2D eigenvalue weighted by Gasteiger charge is 2.19. The van der Waals surface area contributed by atoms with E-state index in [2.05, 4.69) is 48.8 Å². The molecule has 26 heavy (non-hydrogen) atoms. The molecular weight excluding hydrogens is 375 g/mol. The molecule has 5 nitrogen and oxygen atoms in total. The highest BCUT2D eigenvalue weighted by Crippen LogP contribution is 2.27. The Labute approximate surface area is 170 Å². The summed E-state index contributed by atoms with van der Waals surface area (Å²) in [5.74, 6) is 1.29. The molecule has 1 unspecified atom stereocenters. The van der Waals surface area contributed by atoms with Gasteiger partial charge in [0.25, 0.3) is 0 Å². The summed E-state index contributed by atoms with van der Waals surface area (Å²) < 4.78 is 5.92. The number of halogens is 2. The standard InChI is InChI=1S/C19H32N2O3.2ClH/c1-15(2)18-5-4-16(3)12-19(18)24-14-17(23)13-21-8-6-20(7-9-21)10-11-22;;/h4-5,12,15,17,22-23H,6-11,13-14H2,1-3H3;2*1H/p-2. The molecule has 2 N–H and O–H groups in total. The van der Waals surface area contributed by atoms with Crippen molar-refractivity contribution in [3.63, 3.8) is 0 Å². The molecule has 1 atom stereocenters. The van der Waals surface area contributed by atoms with E-state index in [4.69, 9.17) is 9.84 Å². The van der Waals surface area contributed by atoms with E-state index in [1.165, 1.54) is 11.1 Å². The zero-order valence-corrected chi connectivity index (χ0v) is 17.5. The molecule has 0 aliphatic carbocycles. The van der Waals surface area contributed by atoms with Crippen LogP contribution in [0.4, 0.5) is 0 Å². The summed E-state index contributed by atoms with van der Waals surface area (Å²) in [7, 11) is 0. The highest BCUT2D eigenvalue weighted by atomic mass is 35.5. The first-order valence-corrected chi connectivity index (χ1v) is 8.96. The number of piperazine rings is 1. The molecule has 0 radical (unpaired) electrons. The lowest BCUT2D eigenvalue weighted by atomic mass is 10.0. The summed E-state index contributed by atoms with van der Waals surface area (Å²) in [4.78, 5) is 4.52. The number of nitrogens with zero attached hydrogens (tertiary/aromatic N) is 2. The molecular formula is C19H32Cl2N2O3-2. The van der Waals surface area contributed by atoms with Crippen molar-refractivity contribution in [2.24, 2.45) is 0 Å². The summed E-state index contributed by atoms with van der Waals surface area (Å²) in [5, 5.41) is 19.3. The molecule has 1 aromatic rings. The average Bonchev–Trinajstić information content (AvgIpc) is 2.55. The Hall–Kier alpha value is -0.560. The van der Waals surface area contributed by atoms with Gasteiger partial charge in [0.2, 0.25) is 0 Å². The maximum Gasteiger partial charge on any atom is 0.123 e. The molecule has 0 aromatic heterocycles. The quantitative estimate of drug-likeness (QED) is 0.455. The zero-order chi connectivity index (χ0) is 17.5. The summed E-state index contributed by atoms with van der Waals surface area (Å²) in [6.07, 6.45) is -0.491. The minimum atomic E-state index is -0.491. The Bertz CT molecular complexity index is 510. The molecule has 2 rings (SSSR count). The van der Waals surface area contributed by atoms with Gasteiger partial charge >= 0.3 is 0 Å². The normalized spacial score (nSPS) is 16.7. The molecule has 7 heteroatoms. The fourth-order valence-electron chi connectivity index (χ4n) is 3.12. The van der Waals surface area contributed by atoms with Crippen LogP contribution in [0.3, 0.4) is 0 Å². The Morgan fingerprint density at radius 3 is 2.27 bits per heavy atom. The molecule has 0 saturated carbocycles. The maximum atomic E-state index is 10.3. The van der Waals surface area contributed by atoms with Crippen molar-refractivity contribution in [3.8, 4) is 5.75 Å². The molecule has 1 heterocycles. The number of aryl methyl sites for hydroxylation is 1. The third-order valence-electron chi connectivity index (χ3n) is 4.57. The van der Waals surface area contributed by atoms with Gasteiger partial charge in [0.15, 0.2) is 0 Å². The van der Waals surface area contributed by atoms with Crippen LogP contribution in [-0.2, 0) is 0 Å². The molecule has 0 spiro atoms. The molecule has 152 valence electrons. The lowest BCUT2D eigenvalue weighted by molar-refractivity contribution is -0.00100. The molecule has 0 amide bonds. The van der Waals surface area contributed by atoms with Gasteiger partial charge in [-0.25, -0.2) is 0 Å². The first-order chi connectivity index (χ1) is 11.5. The fourth-order valence-corrected chi connectivity index (χ4v) is 3.12. The van der Waals surface area contributed by atoms with Crippen molar-refractivity contribution in [3.05, 3.63) is 29.3 Å². The van der Waals surface area contributed by atoms with E-state index in [0.717, 1.165) is 38.5 Å². The van der Waals surface area contributed by atoms with E-state index >= 15 is 0 Å². The van der Waals surface area contributed by atoms with Crippen LogP contribution in [0.25, 0.3) is 0 Å². The van der Waals surface area contributed by atoms with E-state index in [1.807, 2.05) is 0 Å². The van der Waals surface area contributed by atoms with Gasteiger partial charge < -0.3 is 39.8 Å². The Morgan fingerprint density at radius 2 is 1.69 bits per heavy atom. The minimum absolute atomic E-state index is 0. The number of aliphatic hydroxyl groups is 2. The largest absolute Gasteiger partial charge is 1.00 e. The summed E-state index contributed by atoms with van der Waals surface area (Å²) in [6.45, 7) is 12.0. The number of ether oxygens (including phenoxy) is 1. The van der Waals surface area contributed by atoms with Gasteiger partial charge in [-0.3, -0.25) is 9.80 Å². The van der Waals surface area contributed by atoms with Crippen molar-refractivity contribution in [1.82, 2.24) is 9.80 Å². The molecule has 1 aliphatic rings. The third-order valence-corrected chi connectivity index (χ3v) is 4.57. The molecule has 0 bridgehead atoms. The second kappa shape index (κ2) is 12.8. The number of benzene rings is 1. The van der Waals surface area contributed by atoms with Gasteiger partial charge in [-0.1, -0.05) is 26.0 Å². The van der Waals surface area contributed by atoms with Gasteiger partial charge in [0.05, 0.1) is 6.61 Å². The van der Waals surface area contributed by atoms with Crippen LogP contribution in [0.1, 0.15) is 30.9 Å². The van der Waals surface area contributed by atoms with Gasteiger partial charge in [0.1, 0.15) is 18.5 Å². The van der Waals surface area contributed by atoms with Crippen molar-refractivity contribution in [2.45, 2.75) is 32.8 Å². The van der Waals surface area contributed by atoms with Crippen LogP contribution in [-0.4, -0.2) is 78.6 Å². The van der Waals surface area contributed by atoms with E-state index in [0.29, 0.717) is 19.1 Å². The summed E-state index contributed by atoms with van der Waals surface area (Å²) in [5.41, 5.74) is 2.36. The zero-order valence-electron chi connectivity index (χ0n) is 16.0. The topological polar surface area (TPSA) is 56.2 Å². The van der Waals surface area contributed by atoms with E-state index < -0.39 is 6.10 Å². The molecule has 1 fully saturated rings. The van der Waals surface area contributed by atoms with Gasteiger partial charge in [-0.2, -0.15) is 0 Å². The predicted octanol–water partition coefficient (Wildman–Crippen LogP) is -4.52. The van der Waals surface area contributed by atoms with Crippen LogP contribution in [0.15, 0.2) is 18.2 Å². The second-order valence-corrected chi connectivity index (χ2v) is 7.03. The second-order valence-electron chi connectivity index (χ2n) is 7.03. The van der Waals surface area contributed by atoms with Crippen LogP contribution in [0.2, 0.25) is 0 Å². The van der Waals surface area contributed by atoms with Gasteiger partial charge in [0, 0.05) is 39.3 Å². The minimum Gasteiger partial charge on any atom is -1.00 e. The number of hydrogen-bond acceptors (Lipinski definition) is 5. The van der Waals surface area contributed by atoms with E-state index in [-0.39, 0.29) is 31.4 Å². The smallest absolute Gasteiger partial charge is 0.123 e. The van der Waals surface area contributed by atoms with Crippen LogP contribution < -0.4 is 29.6 Å². The summed E-state index contributed by atoms with van der Waals surface area (Å²) in [6, 6.07) is 6.27. The number of β-amino-alcohol motifs (C(OH)–C–C–N with tert-alkyl or cyclic N) is 2. The van der Waals surface area contributed by atoms with Gasteiger partial charge in [-0.05, 0) is 30.0 Å².